The normalized spacial score (nSPS) is 10.0. The lowest BCUT2D eigenvalue weighted by Gasteiger charge is -2.05. The summed E-state index contributed by atoms with van der Waals surface area (Å²) in [6.07, 6.45) is 0.611. The van der Waals surface area contributed by atoms with Crippen LogP contribution in [0.15, 0.2) is 28.7 Å². The standard InChI is InChI=1S/C15H17BrO5/c1-2-20-14(18)4-3-5-15(19)21-10-13(17)11-6-8-12(16)9-7-11/h6-9H,2-5,10H2,1H3. The molecule has 0 aromatic heterocycles. The van der Waals surface area contributed by atoms with Crippen molar-refractivity contribution < 1.29 is 23.9 Å². The third kappa shape index (κ3) is 7.04. The largest absolute Gasteiger partial charge is 0.466 e. The second kappa shape index (κ2) is 9.28. The zero-order chi connectivity index (χ0) is 15.7. The van der Waals surface area contributed by atoms with Crippen LogP contribution in [-0.4, -0.2) is 30.9 Å². The highest BCUT2D eigenvalue weighted by Crippen LogP contribution is 2.11. The first-order valence-corrected chi connectivity index (χ1v) is 7.42. The summed E-state index contributed by atoms with van der Waals surface area (Å²) in [4.78, 5) is 34.3. The van der Waals surface area contributed by atoms with E-state index in [-0.39, 0.29) is 31.2 Å². The number of hydrogen-bond donors (Lipinski definition) is 0. The van der Waals surface area contributed by atoms with Gasteiger partial charge < -0.3 is 9.47 Å². The summed E-state index contributed by atoms with van der Waals surface area (Å²) in [5.74, 6) is -1.10. The summed E-state index contributed by atoms with van der Waals surface area (Å²) in [5, 5.41) is 0. The van der Waals surface area contributed by atoms with Gasteiger partial charge in [0.1, 0.15) is 0 Å². The number of rotatable bonds is 8. The number of ether oxygens (including phenoxy) is 2. The summed E-state index contributed by atoms with van der Waals surface area (Å²) in [6.45, 7) is 1.75. The quantitative estimate of drug-likeness (QED) is 0.529. The molecule has 0 atom stereocenters. The molecule has 0 N–H and O–H groups in total. The SMILES string of the molecule is CCOC(=O)CCCC(=O)OCC(=O)c1ccc(Br)cc1. The van der Waals surface area contributed by atoms with Crippen LogP contribution in [0.1, 0.15) is 36.5 Å². The Morgan fingerprint density at radius 2 is 1.57 bits per heavy atom. The minimum Gasteiger partial charge on any atom is -0.466 e. The summed E-state index contributed by atoms with van der Waals surface area (Å²) in [5.41, 5.74) is 0.484. The van der Waals surface area contributed by atoms with E-state index in [1.807, 2.05) is 0 Å². The molecule has 0 unspecified atom stereocenters. The highest BCUT2D eigenvalue weighted by molar-refractivity contribution is 9.10. The van der Waals surface area contributed by atoms with Crippen LogP contribution < -0.4 is 0 Å². The maximum atomic E-state index is 11.8. The summed E-state index contributed by atoms with van der Waals surface area (Å²) in [7, 11) is 0. The minimum atomic E-state index is -0.496. The van der Waals surface area contributed by atoms with Crippen LogP contribution in [0.2, 0.25) is 0 Å². The van der Waals surface area contributed by atoms with Gasteiger partial charge in [0, 0.05) is 22.9 Å². The molecule has 0 aliphatic heterocycles. The van der Waals surface area contributed by atoms with E-state index in [9.17, 15) is 14.4 Å². The first-order chi connectivity index (χ1) is 10.0. The van der Waals surface area contributed by atoms with Gasteiger partial charge in [-0.2, -0.15) is 0 Å². The van der Waals surface area contributed by atoms with Gasteiger partial charge in [-0.3, -0.25) is 14.4 Å². The van der Waals surface area contributed by atoms with Crippen molar-refractivity contribution >= 4 is 33.7 Å². The third-order valence-electron chi connectivity index (χ3n) is 2.60. The van der Waals surface area contributed by atoms with Gasteiger partial charge in [-0.1, -0.05) is 28.1 Å². The Morgan fingerprint density at radius 1 is 1.00 bits per heavy atom. The number of halogens is 1. The van der Waals surface area contributed by atoms with Gasteiger partial charge in [0.25, 0.3) is 0 Å². The van der Waals surface area contributed by atoms with E-state index in [4.69, 9.17) is 9.47 Å². The molecule has 0 bridgehead atoms. The molecule has 1 aromatic rings. The number of ketones is 1. The van der Waals surface area contributed by atoms with E-state index in [0.717, 1.165) is 4.47 Å². The maximum Gasteiger partial charge on any atom is 0.306 e. The number of esters is 2. The molecule has 0 radical (unpaired) electrons. The number of carbonyl (C=O) groups is 3. The second-order valence-electron chi connectivity index (χ2n) is 4.25. The van der Waals surface area contributed by atoms with Crippen LogP contribution in [0, 0.1) is 0 Å². The predicted octanol–water partition coefficient (Wildman–Crippen LogP) is 2.91. The van der Waals surface area contributed by atoms with Gasteiger partial charge in [-0.25, -0.2) is 0 Å². The van der Waals surface area contributed by atoms with Crippen LogP contribution in [-0.2, 0) is 19.1 Å². The lowest BCUT2D eigenvalue weighted by molar-refractivity contribution is -0.144. The first-order valence-electron chi connectivity index (χ1n) is 6.63. The molecule has 0 fully saturated rings. The molecular formula is C15H17BrO5. The fraction of sp³-hybridized carbons (Fsp3) is 0.400. The lowest BCUT2D eigenvalue weighted by atomic mass is 10.1. The van der Waals surface area contributed by atoms with Crippen molar-refractivity contribution in [3.05, 3.63) is 34.3 Å². The molecule has 1 aromatic carbocycles. The Hall–Kier alpha value is -1.69. The lowest BCUT2D eigenvalue weighted by Crippen LogP contribution is -2.14. The Kier molecular flexibility index (Phi) is 7.68. The van der Waals surface area contributed by atoms with Crippen molar-refractivity contribution in [2.45, 2.75) is 26.2 Å². The second-order valence-corrected chi connectivity index (χ2v) is 5.17. The zero-order valence-corrected chi connectivity index (χ0v) is 13.4. The predicted molar refractivity (Wildman–Crippen MR) is 79.9 cm³/mol. The number of Topliss-reactive ketones (excluding diaryl/α,β-unsaturated/α-hetero) is 1. The van der Waals surface area contributed by atoms with Gasteiger partial charge in [-0.15, -0.1) is 0 Å². The van der Waals surface area contributed by atoms with E-state index in [0.29, 0.717) is 18.6 Å². The Balaban J connectivity index is 2.25. The van der Waals surface area contributed by atoms with E-state index in [1.165, 1.54) is 0 Å². The molecule has 0 saturated carbocycles. The van der Waals surface area contributed by atoms with Crippen molar-refractivity contribution in [1.29, 1.82) is 0 Å². The summed E-state index contributed by atoms with van der Waals surface area (Å²) in [6, 6.07) is 6.80. The molecular weight excluding hydrogens is 340 g/mol. The van der Waals surface area contributed by atoms with Crippen molar-refractivity contribution in [2.24, 2.45) is 0 Å². The average Bonchev–Trinajstić information content (AvgIpc) is 2.46. The van der Waals surface area contributed by atoms with E-state index in [2.05, 4.69) is 15.9 Å². The number of benzene rings is 1. The van der Waals surface area contributed by atoms with Gasteiger partial charge in [-0.05, 0) is 25.5 Å². The summed E-state index contributed by atoms with van der Waals surface area (Å²) >= 11 is 3.27. The molecule has 0 amide bonds. The number of hydrogen-bond acceptors (Lipinski definition) is 5. The summed E-state index contributed by atoms with van der Waals surface area (Å²) < 4.78 is 10.5. The molecule has 0 saturated heterocycles. The molecule has 0 heterocycles. The Bertz CT molecular complexity index is 495. The van der Waals surface area contributed by atoms with Crippen LogP contribution in [0.5, 0.6) is 0 Å². The van der Waals surface area contributed by atoms with E-state index in [1.54, 1.807) is 31.2 Å². The van der Waals surface area contributed by atoms with Crippen LogP contribution >= 0.6 is 15.9 Å². The fourth-order valence-electron chi connectivity index (χ4n) is 1.55. The number of carbonyl (C=O) groups excluding carboxylic acids is 3. The zero-order valence-electron chi connectivity index (χ0n) is 11.8. The first kappa shape index (κ1) is 17.4. The van der Waals surface area contributed by atoms with Crippen molar-refractivity contribution in [3.63, 3.8) is 0 Å². The van der Waals surface area contributed by atoms with Crippen LogP contribution in [0.4, 0.5) is 0 Å². The van der Waals surface area contributed by atoms with Crippen molar-refractivity contribution in [1.82, 2.24) is 0 Å². The molecule has 6 heteroatoms. The van der Waals surface area contributed by atoms with Gasteiger partial charge in [0.05, 0.1) is 6.61 Å². The molecule has 21 heavy (non-hydrogen) atoms. The van der Waals surface area contributed by atoms with Crippen LogP contribution in [0.3, 0.4) is 0 Å². The highest BCUT2D eigenvalue weighted by Gasteiger charge is 2.11. The average molecular weight is 357 g/mol. The maximum absolute atomic E-state index is 11.8. The smallest absolute Gasteiger partial charge is 0.306 e. The van der Waals surface area contributed by atoms with Crippen molar-refractivity contribution in [2.75, 3.05) is 13.2 Å². The molecule has 0 aliphatic carbocycles. The van der Waals surface area contributed by atoms with Gasteiger partial charge in [0.15, 0.2) is 12.4 Å². The molecule has 1 rings (SSSR count). The highest BCUT2D eigenvalue weighted by atomic mass is 79.9. The van der Waals surface area contributed by atoms with E-state index >= 15 is 0 Å². The Labute approximate surface area is 131 Å². The Morgan fingerprint density at radius 3 is 2.14 bits per heavy atom. The molecule has 0 aliphatic rings. The fourth-order valence-corrected chi connectivity index (χ4v) is 1.81. The van der Waals surface area contributed by atoms with E-state index < -0.39 is 5.97 Å². The van der Waals surface area contributed by atoms with Gasteiger partial charge in [0.2, 0.25) is 0 Å². The van der Waals surface area contributed by atoms with Crippen LogP contribution in [0.25, 0.3) is 0 Å². The van der Waals surface area contributed by atoms with Gasteiger partial charge >= 0.3 is 11.9 Å². The molecule has 5 nitrogen and oxygen atoms in total. The van der Waals surface area contributed by atoms with Crippen molar-refractivity contribution in [3.8, 4) is 0 Å². The molecule has 0 spiro atoms. The molecule has 114 valence electrons. The monoisotopic (exact) mass is 356 g/mol. The third-order valence-corrected chi connectivity index (χ3v) is 3.13. The minimum absolute atomic E-state index is 0.0897. The topological polar surface area (TPSA) is 69.7 Å².